The third-order valence-corrected chi connectivity index (χ3v) is 4.58. The molecule has 2 aliphatic rings. The molecule has 0 bridgehead atoms. The second-order valence-electron chi connectivity index (χ2n) is 5.94. The van der Waals surface area contributed by atoms with E-state index in [2.05, 4.69) is 26.6 Å². The van der Waals surface area contributed by atoms with Crippen LogP contribution in [0.4, 0.5) is 0 Å². The average Bonchev–Trinajstić information content (AvgIpc) is 2.94. The predicted molar refractivity (Wildman–Crippen MR) is 78.3 cm³/mol. The van der Waals surface area contributed by atoms with E-state index < -0.39 is 0 Å². The summed E-state index contributed by atoms with van der Waals surface area (Å²) in [5, 5.41) is 0. The first-order valence-corrected chi connectivity index (χ1v) is 7.69. The number of carbonyl (C=O) groups is 1. The lowest BCUT2D eigenvalue weighted by Crippen LogP contribution is -2.43. The maximum absolute atomic E-state index is 12.6. The smallest absolute Gasteiger partial charge is 0.226 e. The number of amides is 1. The zero-order valence-corrected chi connectivity index (χ0v) is 12.2. The minimum absolute atomic E-state index is 0.211. The van der Waals surface area contributed by atoms with Crippen molar-refractivity contribution in [2.24, 2.45) is 5.92 Å². The van der Waals surface area contributed by atoms with Crippen molar-refractivity contribution in [1.29, 1.82) is 0 Å². The highest BCUT2D eigenvalue weighted by molar-refractivity contribution is 5.79. The molecule has 20 heavy (non-hydrogen) atoms. The Kier molecular flexibility index (Phi) is 3.90. The summed E-state index contributed by atoms with van der Waals surface area (Å²) in [6, 6.07) is 0.398. The highest BCUT2D eigenvalue weighted by atomic mass is 16.2. The van der Waals surface area contributed by atoms with Gasteiger partial charge in [-0.05, 0) is 39.0 Å². The zero-order chi connectivity index (χ0) is 13.9. The first-order chi connectivity index (χ1) is 9.75. The number of carbonyl (C=O) groups excluding carboxylic acids is 1. The largest absolute Gasteiger partial charge is 0.340 e. The summed E-state index contributed by atoms with van der Waals surface area (Å²) in [6.07, 6.45) is 13.5. The molecule has 0 radical (unpaired) electrons. The van der Waals surface area contributed by atoms with Crippen LogP contribution in [0, 0.1) is 12.8 Å². The van der Waals surface area contributed by atoms with Crippen LogP contribution in [0.15, 0.2) is 24.5 Å². The maximum Gasteiger partial charge on any atom is 0.226 e. The van der Waals surface area contributed by atoms with E-state index in [9.17, 15) is 4.79 Å². The molecule has 1 aromatic rings. The van der Waals surface area contributed by atoms with Crippen molar-refractivity contribution in [1.82, 2.24) is 14.5 Å². The molecule has 2 atom stereocenters. The van der Waals surface area contributed by atoms with Crippen LogP contribution in [0.1, 0.15) is 44.0 Å². The van der Waals surface area contributed by atoms with E-state index in [1.807, 2.05) is 19.3 Å². The highest BCUT2D eigenvalue weighted by Gasteiger charge is 2.29. The van der Waals surface area contributed by atoms with Gasteiger partial charge in [0.15, 0.2) is 0 Å². The highest BCUT2D eigenvalue weighted by Crippen LogP contribution is 2.26. The van der Waals surface area contributed by atoms with Crippen molar-refractivity contribution in [3.8, 4) is 0 Å². The van der Waals surface area contributed by atoms with Crippen LogP contribution < -0.4 is 0 Å². The van der Waals surface area contributed by atoms with Crippen molar-refractivity contribution < 1.29 is 4.79 Å². The number of nitrogens with zero attached hydrogens (tertiary/aromatic N) is 3. The van der Waals surface area contributed by atoms with Gasteiger partial charge in [-0.2, -0.15) is 0 Å². The van der Waals surface area contributed by atoms with E-state index in [-0.39, 0.29) is 5.92 Å². The van der Waals surface area contributed by atoms with Crippen LogP contribution in [0.25, 0.3) is 0 Å². The molecular formula is C16H23N3O. The molecular weight excluding hydrogens is 250 g/mol. The third-order valence-electron chi connectivity index (χ3n) is 4.58. The summed E-state index contributed by atoms with van der Waals surface area (Å²) in [5.74, 6) is 1.62. The van der Waals surface area contributed by atoms with Crippen LogP contribution in [-0.2, 0) is 4.79 Å². The van der Waals surface area contributed by atoms with Gasteiger partial charge in [-0.1, -0.05) is 12.2 Å². The number of hydrogen-bond acceptors (Lipinski definition) is 2. The lowest BCUT2D eigenvalue weighted by molar-refractivity contribution is -0.137. The molecule has 108 valence electrons. The predicted octanol–water partition coefficient (Wildman–Crippen LogP) is 2.71. The Morgan fingerprint density at radius 1 is 1.35 bits per heavy atom. The molecule has 0 N–H and O–H groups in total. The Morgan fingerprint density at radius 2 is 2.25 bits per heavy atom. The number of rotatable bonds is 2. The second kappa shape index (κ2) is 5.81. The Bertz CT molecular complexity index is 506. The quantitative estimate of drug-likeness (QED) is 0.777. The molecule has 0 aromatic carbocycles. The summed E-state index contributed by atoms with van der Waals surface area (Å²) in [6.45, 7) is 3.80. The first kappa shape index (κ1) is 13.4. The summed E-state index contributed by atoms with van der Waals surface area (Å²) >= 11 is 0. The zero-order valence-electron chi connectivity index (χ0n) is 12.2. The van der Waals surface area contributed by atoms with Crippen molar-refractivity contribution in [3.05, 3.63) is 30.4 Å². The van der Waals surface area contributed by atoms with Crippen LogP contribution >= 0.6 is 0 Å². The SMILES string of the molecule is Cc1nccn1[C@@H]1CCCN(C(=O)[C@H]2CC=CCC2)C1. The van der Waals surface area contributed by atoms with Gasteiger partial charge in [0.05, 0.1) is 6.04 Å². The van der Waals surface area contributed by atoms with Crippen LogP contribution in [-0.4, -0.2) is 33.4 Å². The van der Waals surface area contributed by atoms with Gasteiger partial charge in [0.2, 0.25) is 5.91 Å². The minimum atomic E-state index is 0.211. The second-order valence-corrected chi connectivity index (χ2v) is 5.94. The van der Waals surface area contributed by atoms with Crippen molar-refractivity contribution >= 4 is 5.91 Å². The lowest BCUT2D eigenvalue weighted by atomic mass is 9.92. The summed E-state index contributed by atoms with van der Waals surface area (Å²) in [7, 11) is 0. The van der Waals surface area contributed by atoms with Gasteiger partial charge in [0.25, 0.3) is 0 Å². The fourth-order valence-corrected chi connectivity index (χ4v) is 3.43. The van der Waals surface area contributed by atoms with E-state index >= 15 is 0 Å². The molecule has 1 aromatic heterocycles. The van der Waals surface area contributed by atoms with Gasteiger partial charge in [-0.3, -0.25) is 4.79 Å². The van der Waals surface area contributed by atoms with E-state index in [1.165, 1.54) is 0 Å². The average molecular weight is 273 g/mol. The van der Waals surface area contributed by atoms with Crippen LogP contribution in [0.3, 0.4) is 0 Å². The fraction of sp³-hybridized carbons (Fsp3) is 0.625. The number of aromatic nitrogens is 2. The first-order valence-electron chi connectivity index (χ1n) is 7.69. The number of aryl methyl sites for hydroxylation is 1. The number of likely N-dealkylation sites (tertiary alicyclic amines) is 1. The fourth-order valence-electron chi connectivity index (χ4n) is 3.43. The molecule has 2 heterocycles. The van der Waals surface area contributed by atoms with Gasteiger partial charge >= 0.3 is 0 Å². The van der Waals surface area contributed by atoms with E-state index in [4.69, 9.17) is 0 Å². The molecule has 3 rings (SSSR count). The van der Waals surface area contributed by atoms with E-state index in [0.29, 0.717) is 11.9 Å². The van der Waals surface area contributed by atoms with E-state index in [0.717, 1.165) is 51.0 Å². The molecule has 1 saturated heterocycles. The lowest BCUT2D eigenvalue weighted by Gasteiger charge is -2.36. The molecule has 0 saturated carbocycles. The Labute approximate surface area is 120 Å². The molecule has 4 heteroatoms. The van der Waals surface area contributed by atoms with Crippen LogP contribution in [0.2, 0.25) is 0 Å². The number of piperidine rings is 1. The summed E-state index contributed by atoms with van der Waals surface area (Å²) < 4.78 is 2.22. The number of allylic oxidation sites excluding steroid dienone is 2. The number of imidazole rings is 1. The van der Waals surface area contributed by atoms with Crippen molar-refractivity contribution in [2.45, 2.75) is 45.1 Å². The van der Waals surface area contributed by atoms with E-state index in [1.54, 1.807) is 0 Å². The normalized spacial score (nSPS) is 26.8. The van der Waals surface area contributed by atoms with Gasteiger partial charge in [-0.15, -0.1) is 0 Å². The molecule has 0 spiro atoms. The molecule has 1 fully saturated rings. The summed E-state index contributed by atoms with van der Waals surface area (Å²) in [4.78, 5) is 19.0. The van der Waals surface area contributed by atoms with Crippen molar-refractivity contribution in [3.63, 3.8) is 0 Å². The van der Waals surface area contributed by atoms with Gasteiger partial charge in [0.1, 0.15) is 5.82 Å². The molecule has 4 nitrogen and oxygen atoms in total. The standard InChI is InChI=1S/C16H23N3O/c1-13-17-9-11-19(13)15-8-5-10-18(12-15)16(20)14-6-3-2-4-7-14/h2-3,9,11,14-15H,4-8,10,12H2,1H3/t14-,15+/m0/s1. The third kappa shape index (κ3) is 2.65. The summed E-state index contributed by atoms with van der Waals surface area (Å²) in [5.41, 5.74) is 0. The monoisotopic (exact) mass is 273 g/mol. The Morgan fingerprint density at radius 3 is 2.95 bits per heavy atom. The Hall–Kier alpha value is -1.58. The minimum Gasteiger partial charge on any atom is -0.340 e. The number of hydrogen-bond donors (Lipinski definition) is 0. The Balaban J connectivity index is 1.67. The van der Waals surface area contributed by atoms with Gasteiger partial charge < -0.3 is 9.47 Å². The van der Waals surface area contributed by atoms with Gasteiger partial charge in [-0.25, -0.2) is 4.98 Å². The van der Waals surface area contributed by atoms with Gasteiger partial charge in [0, 0.05) is 31.4 Å². The molecule has 0 unspecified atom stereocenters. The van der Waals surface area contributed by atoms with Crippen LogP contribution in [0.5, 0.6) is 0 Å². The van der Waals surface area contributed by atoms with Crippen molar-refractivity contribution in [2.75, 3.05) is 13.1 Å². The molecule has 1 amide bonds. The molecule has 1 aliphatic heterocycles. The topological polar surface area (TPSA) is 38.1 Å². The molecule has 1 aliphatic carbocycles. The maximum atomic E-state index is 12.6.